The van der Waals surface area contributed by atoms with E-state index < -0.39 is 30.5 Å². The van der Waals surface area contributed by atoms with Gasteiger partial charge in [0.2, 0.25) is 0 Å². The van der Waals surface area contributed by atoms with Gasteiger partial charge in [-0.25, -0.2) is 9.50 Å². The highest BCUT2D eigenvalue weighted by Gasteiger charge is 2.54. The lowest BCUT2D eigenvalue weighted by atomic mass is 9.96. The molecule has 3 rings (SSSR count). The summed E-state index contributed by atoms with van der Waals surface area (Å²) in [6, 6.07) is 3.31. The van der Waals surface area contributed by atoms with E-state index in [4.69, 9.17) is 16.9 Å². The molecule has 1 fully saturated rings. The summed E-state index contributed by atoms with van der Waals surface area (Å²) in [7, 11) is 0. The number of nitrogens with zero attached hydrogens (tertiary/aromatic N) is 3. The molecule has 1 aliphatic rings. The van der Waals surface area contributed by atoms with Crippen molar-refractivity contribution in [3.63, 3.8) is 0 Å². The number of ether oxygens (including phenoxy) is 1. The van der Waals surface area contributed by atoms with Crippen molar-refractivity contribution < 1.29 is 20.1 Å². The summed E-state index contributed by atoms with van der Waals surface area (Å²) in [5.41, 5.74) is 5.09. The molecular formula is C13H14N4O4. The number of fused-ring (bicyclic) bond motifs is 1. The number of nitrogen functional groups attached to an aromatic ring is 1. The summed E-state index contributed by atoms with van der Waals surface area (Å²) in [6.45, 7) is -0.612. The van der Waals surface area contributed by atoms with Crippen LogP contribution in [-0.4, -0.2) is 54.3 Å². The van der Waals surface area contributed by atoms with Gasteiger partial charge in [0, 0.05) is 0 Å². The van der Waals surface area contributed by atoms with Crippen LogP contribution in [0.25, 0.3) is 5.52 Å². The summed E-state index contributed by atoms with van der Waals surface area (Å²) < 4.78 is 7.01. The van der Waals surface area contributed by atoms with Gasteiger partial charge >= 0.3 is 0 Å². The summed E-state index contributed by atoms with van der Waals surface area (Å²) >= 11 is 0. The molecule has 3 heterocycles. The SMILES string of the molecule is C#C[C@]1(CO)O[C@@H](c2ccc3c(N)ncnn23)[C@@H](O)C1O. The van der Waals surface area contributed by atoms with E-state index in [0.29, 0.717) is 11.2 Å². The van der Waals surface area contributed by atoms with Crippen molar-refractivity contribution in [3.8, 4) is 12.3 Å². The Bertz CT molecular complexity index is 725. The maximum absolute atomic E-state index is 10.2. The molecule has 110 valence electrons. The summed E-state index contributed by atoms with van der Waals surface area (Å²) in [4.78, 5) is 3.86. The van der Waals surface area contributed by atoms with Crippen LogP contribution in [-0.2, 0) is 4.74 Å². The first-order chi connectivity index (χ1) is 10.0. The van der Waals surface area contributed by atoms with Gasteiger partial charge in [0.15, 0.2) is 11.4 Å². The van der Waals surface area contributed by atoms with Gasteiger partial charge in [-0.3, -0.25) is 0 Å². The lowest BCUT2D eigenvalue weighted by molar-refractivity contribution is -0.0732. The number of terminal acetylenes is 1. The maximum Gasteiger partial charge on any atom is 0.180 e. The van der Waals surface area contributed by atoms with E-state index in [0.717, 1.165) is 0 Å². The number of aromatic nitrogens is 3. The van der Waals surface area contributed by atoms with E-state index in [1.54, 1.807) is 12.1 Å². The Kier molecular flexibility index (Phi) is 3.07. The van der Waals surface area contributed by atoms with Gasteiger partial charge in [-0.15, -0.1) is 6.42 Å². The molecule has 1 unspecified atom stereocenters. The number of nitrogens with two attached hydrogens (primary N) is 1. The van der Waals surface area contributed by atoms with Crippen LogP contribution in [0.5, 0.6) is 0 Å². The summed E-state index contributed by atoms with van der Waals surface area (Å²) in [6.07, 6.45) is 2.93. The second-order valence-electron chi connectivity index (χ2n) is 4.87. The molecule has 0 bridgehead atoms. The summed E-state index contributed by atoms with van der Waals surface area (Å²) in [5.74, 6) is 2.48. The van der Waals surface area contributed by atoms with Gasteiger partial charge in [0.1, 0.15) is 30.2 Å². The minimum Gasteiger partial charge on any atom is -0.392 e. The lowest BCUT2D eigenvalue weighted by Gasteiger charge is -2.23. The largest absolute Gasteiger partial charge is 0.392 e. The van der Waals surface area contributed by atoms with Gasteiger partial charge in [-0.1, -0.05) is 5.92 Å². The number of anilines is 1. The standard InChI is InChI=1S/C13H14N4O4/c1-2-13(5-18)11(20)9(19)10(21-13)7-3-4-8-12(14)15-6-16-17(7)8/h1,3-4,6,9-11,18-20H,5H2,(H2,14,15,16)/t9-,10+,11?,13-/m1/s1. The Morgan fingerprint density at radius 3 is 2.86 bits per heavy atom. The molecule has 8 heteroatoms. The third-order valence-electron chi connectivity index (χ3n) is 3.73. The van der Waals surface area contributed by atoms with Crippen LogP contribution < -0.4 is 5.73 Å². The van der Waals surface area contributed by atoms with Gasteiger partial charge in [0.05, 0.1) is 12.3 Å². The number of aliphatic hydroxyl groups excluding tert-OH is 3. The molecule has 21 heavy (non-hydrogen) atoms. The first kappa shape index (κ1) is 13.8. The minimum atomic E-state index is -1.65. The molecule has 1 saturated heterocycles. The lowest BCUT2D eigenvalue weighted by Crippen LogP contribution is -2.44. The van der Waals surface area contributed by atoms with Crippen molar-refractivity contribution >= 4 is 11.3 Å². The average Bonchev–Trinajstić information content (AvgIpc) is 3.02. The number of aliphatic hydroxyl groups is 3. The molecule has 0 amide bonds. The second-order valence-corrected chi connectivity index (χ2v) is 4.87. The Balaban J connectivity index is 2.08. The fraction of sp³-hybridized carbons (Fsp3) is 0.385. The monoisotopic (exact) mass is 290 g/mol. The zero-order chi connectivity index (χ0) is 15.2. The second kappa shape index (κ2) is 4.68. The molecule has 8 nitrogen and oxygen atoms in total. The molecule has 0 spiro atoms. The molecule has 0 radical (unpaired) electrons. The molecule has 2 aromatic rings. The molecule has 0 aliphatic carbocycles. The Morgan fingerprint density at radius 2 is 2.24 bits per heavy atom. The zero-order valence-electron chi connectivity index (χ0n) is 10.9. The van der Waals surface area contributed by atoms with Crippen molar-refractivity contribution in [1.29, 1.82) is 0 Å². The molecule has 5 N–H and O–H groups in total. The van der Waals surface area contributed by atoms with E-state index >= 15 is 0 Å². The van der Waals surface area contributed by atoms with Crippen LogP contribution in [0.15, 0.2) is 18.5 Å². The summed E-state index contributed by atoms with van der Waals surface area (Å²) in [5, 5.41) is 33.7. The van der Waals surface area contributed by atoms with Crippen LogP contribution in [0, 0.1) is 12.3 Å². The van der Waals surface area contributed by atoms with Gasteiger partial charge < -0.3 is 25.8 Å². The topological polar surface area (TPSA) is 126 Å². The van der Waals surface area contributed by atoms with Crippen molar-refractivity contribution in [3.05, 3.63) is 24.2 Å². The molecule has 2 aromatic heterocycles. The molecule has 0 aromatic carbocycles. The minimum absolute atomic E-state index is 0.273. The highest BCUT2D eigenvalue weighted by Crippen LogP contribution is 2.40. The van der Waals surface area contributed by atoms with Crippen molar-refractivity contribution in [2.45, 2.75) is 23.9 Å². The van der Waals surface area contributed by atoms with Crippen LogP contribution in [0.2, 0.25) is 0 Å². The smallest absolute Gasteiger partial charge is 0.180 e. The quantitative estimate of drug-likeness (QED) is 0.494. The Hall–Kier alpha value is -2.18. The molecular weight excluding hydrogens is 276 g/mol. The Morgan fingerprint density at radius 1 is 1.48 bits per heavy atom. The first-order valence-electron chi connectivity index (χ1n) is 6.25. The van der Waals surface area contributed by atoms with E-state index in [-0.39, 0.29) is 5.82 Å². The van der Waals surface area contributed by atoms with Crippen LogP contribution in [0.3, 0.4) is 0 Å². The van der Waals surface area contributed by atoms with E-state index in [9.17, 15) is 15.3 Å². The fourth-order valence-electron chi connectivity index (χ4n) is 2.53. The fourth-order valence-corrected chi connectivity index (χ4v) is 2.53. The van der Waals surface area contributed by atoms with Gasteiger partial charge in [-0.05, 0) is 12.1 Å². The van der Waals surface area contributed by atoms with Crippen molar-refractivity contribution in [2.75, 3.05) is 12.3 Å². The Labute approximate surface area is 119 Å². The normalized spacial score (nSPS) is 32.4. The third-order valence-corrected chi connectivity index (χ3v) is 3.73. The van der Waals surface area contributed by atoms with Gasteiger partial charge in [-0.2, -0.15) is 5.10 Å². The average molecular weight is 290 g/mol. The highest BCUT2D eigenvalue weighted by atomic mass is 16.6. The third kappa shape index (κ3) is 1.80. The first-order valence-corrected chi connectivity index (χ1v) is 6.25. The van der Waals surface area contributed by atoms with Crippen LogP contribution in [0.4, 0.5) is 5.82 Å². The molecule has 0 saturated carbocycles. The predicted molar refractivity (Wildman–Crippen MR) is 71.9 cm³/mol. The number of hydrogen-bond acceptors (Lipinski definition) is 7. The van der Waals surface area contributed by atoms with Crippen molar-refractivity contribution in [1.82, 2.24) is 14.6 Å². The van der Waals surface area contributed by atoms with E-state index in [2.05, 4.69) is 16.0 Å². The molecule has 4 atom stereocenters. The number of rotatable bonds is 2. The van der Waals surface area contributed by atoms with E-state index in [1.807, 2.05) is 0 Å². The maximum atomic E-state index is 10.2. The predicted octanol–water partition coefficient (Wildman–Crippen LogP) is -1.53. The van der Waals surface area contributed by atoms with Gasteiger partial charge in [0.25, 0.3) is 0 Å². The zero-order valence-corrected chi connectivity index (χ0v) is 10.9. The van der Waals surface area contributed by atoms with Crippen LogP contribution >= 0.6 is 0 Å². The number of hydrogen-bond donors (Lipinski definition) is 4. The van der Waals surface area contributed by atoms with Crippen LogP contribution in [0.1, 0.15) is 11.8 Å². The van der Waals surface area contributed by atoms with E-state index in [1.165, 1.54) is 10.8 Å². The van der Waals surface area contributed by atoms with Crippen molar-refractivity contribution in [2.24, 2.45) is 0 Å². The molecule has 1 aliphatic heterocycles. The highest BCUT2D eigenvalue weighted by molar-refractivity contribution is 5.65.